The van der Waals surface area contributed by atoms with Gasteiger partial charge in [0.1, 0.15) is 16.7 Å². The number of ether oxygens (including phenoxy) is 2. The molecule has 0 bridgehead atoms. The molecule has 1 aromatic heterocycles. The van der Waals surface area contributed by atoms with Gasteiger partial charge in [-0.25, -0.2) is 4.79 Å². The maximum absolute atomic E-state index is 15.3. The monoisotopic (exact) mass is 511 g/mol. The van der Waals surface area contributed by atoms with Crippen molar-refractivity contribution in [1.29, 1.82) is 0 Å². The average molecular weight is 512 g/mol. The van der Waals surface area contributed by atoms with Gasteiger partial charge in [-0.05, 0) is 31.1 Å². The number of aromatic nitrogens is 2. The van der Waals surface area contributed by atoms with Crippen LogP contribution in [-0.4, -0.2) is 53.4 Å². The minimum Gasteiger partial charge on any atom is -0.452 e. The van der Waals surface area contributed by atoms with Crippen LogP contribution in [0.1, 0.15) is 33.9 Å². The lowest BCUT2D eigenvalue weighted by Crippen LogP contribution is -2.48. The maximum Gasteiger partial charge on any atom is 0.351 e. The Morgan fingerprint density at radius 3 is 2.57 bits per heavy atom. The maximum atomic E-state index is 15.3. The summed E-state index contributed by atoms with van der Waals surface area (Å²) in [5, 5.41) is -0.165. The molecule has 170 valence electrons. The van der Waals surface area contributed by atoms with E-state index in [0.717, 1.165) is 6.20 Å². The van der Waals surface area contributed by atoms with Crippen molar-refractivity contribution in [1.82, 2.24) is 9.55 Å². The van der Waals surface area contributed by atoms with Gasteiger partial charge in [0.15, 0.2) is 14.4 Å². The molecule has 0 saturated carbocycles. The highest BCUT2D eigenvalue weighted by Crippen LogP contribution is 2.45. The van der Waals surface area contributed by atoms with Crippen LogP contribution in [0, 0.1) is 0 Å². The highest BCUT2D eigenvalue weighted by molar-refractivity contribution is 9.10. The molecule has 0 aromatic carbocycles. The number of alkyl halides is 3. The highest BCUT2D eigenvalue weighted by atomic mass is 79.9. The third kappa shape index (κ3) is 5.09. The van der Waals surface area contributed by atoms with Crippen molar-refractivity contribution < 1.29 is 27.5 Å². The van der Waals surface area contributed by atoms with Gasteiger partial charge in [-0.3, -0.25) is 9.36 Å². The Morgan fingerprint density at radius 2 is 2.07 bits per heavy atom. The van der Waals surface area contributed by atoms with Crippen molar-refractivity contribution in [3.8, 4) is 0 Å². The molecule has 1 aromatic rings. The summed E-state index contributed by atoms with van der Waals surface area (Å²) in [5.74, 6) is -4.68. The van der Waals surface area contributed by atoms with Crippen LogP contribution in [0.25, 0.3) is 0 Å². The second kappa shape index (κ2) is 8.64. The van der Waals surface area contributed by atoms with Gasteiger partial charge in [0.25, 0.3) is 0 Å². The van der Waals surface area contributed by atoms with Gasteiger partial charge in [-0.1, -0.05) is 36.7 Å². The number of nitrogen functional groups attached to an aromatic ring is 1. The fourth-order valence-electron chi connectivity index (χ4n) is 2.58. The summed E-state index contributed by atoms with van der Waals surface area (Å²) in [5.41, 5.74) is 4.45. The molecule has 12 heteroatoms. The second-order valence-electron chi connectivity index (χ2n) is 8.79. The summed E-state index contributed by atoms with van der Waals surface area (Å²) < 4.78 is 47.8. The van der Waals surface area contributed by atoms with E-state index in [9.17, 15) is 9.59 Å². The smallest absolute Gasteiger partial charge is 0.351 e. The van der Waals surface area contributed by atoms with E-state index in [0.29, 0.717) is 4.57 Å². The normalized spacial score (nSPS) is 25.2. The molecule has 30 heavy (non-hydrogen) atoms. The Bertz CT molecular complexity index is 844. The summed E-state index contributed by atoms with van der Waals surface area (Å²) in [6, 6.07) is 1.21. The van der Waals surface area contributed by atoms with Gasteiger partial charge < -0.3 is 19.6 Å². The Kier molecular flexibility index (Phi) is 7.16. The first-order valence-electron chi connectivity index (χ1n) is 9.44. The largest absolute Gasteiger partial charge is 0.452 e. The van der Waals surface area contributed by atoms with Crippen molar-refractivity contribution in [2.45, 2.75) is 75.0 Å². The first-order valence-corrected chi connectivity index (χ1v) is 13.3. The molecule has 1 aliphatic heterocycles. The number of nitrogens with two attached hydrogens (primary N) is 1. The molecular weight excluding hydrogens is 484 g/mol. The zero-order valence-electron chi connectivity index (χ0n) is 17.8. The van der Waals surface area contributed by atoms with Crippen LogP contribution in [-0.2, 0) is 18.7 Å². The van der Waals surface area contributed by atoms with Crippen molar-refractivity contribution in [2.75, 3.05) is 12.3 Å². The summed E-state index contributed by atoms with van der Waals surface area (Å²) in [7, 11) is -2.30. The minimum absolute atomic E-state index is 0.105. The van der Waals surface area contributed by atoms with Crippen molar-refractivity contribution >= 4 is 36.0 Å². The van der Waals surface area contributed by atoms with Gasteiger partial charge in [-0.15, -0.1) is 0 Å². The predicted octanol–water partition coefficient (Wildman–Crippen LogP) is 3.08. The van der Waals surface area contributed by atoms with Gasteiger partial charge in [0.05, 0.1) is 6.61 Å². The van der Waals surface area contributed by atoms with E-state index in [1.165, 1.54) is 13.0 Å². The van der Waals surface area contributed by atoms with Crippen LogP contribution in [0.5, 0.6) is 0 Å². The summed E-state index contributed by atoms with van der Waals surface area (Å²) in [4.78, 5) is 26.9. The van der Waals surface area contributed by atoms with E-state index in [4.69, 9.17) is 19.6 Å². The Balaban J connectivity index is 2.37. The second-order valence-corrected chi connectivity index (χ2v) is 15.0. The van der Waals surface area contributed by atoms with Crippen molar-refractivity contribution in [3.05, 3.63) is 22.7 Å². The number of carbonyl (C=O) groups is 1. The molecule has 2 heterocycles. The van der Waals surface area contributed by atoms with E-state index >= 15 is 8.78 Å². The average Bonchev–Trinajstić information content (AvgIpc) is 2.83. The third-order valence-corrected chi connectivity index (χ3v) is 10.3. The Hall–Kier alpha value is -1.37. The fourth-order valence-corrected chi connectivity index (χ4v) is 3.70. The van der Waals surface area contributed by atoms with E-state index < -0.39 is 49.2 Å². The lowest BCUT2D eigenvalue weighted by Gasteiger charge is -2.37. The molecule has 0 amide bonds. The Labute approximate surface area is 183 Å². The quantitative estimate of drug-likeness (QED) is 0.355. The molecule has 2 N–H and O–H groups in total. The van der Waals surface area contributed by atoms with Crippen LogP contribution in [0.15, 0.2) is 17.1 Å². The summed E-state index contributed by atoms with van der Waals surface area (Å²) >= 11 is 3.02. The van der Waals surface area contributed by atoms with Gasteiger partial charge in [-0.2, -0.15) is 13.8 Å². The van der Waals surface area contributed by atoms with Gasteiger partial charge >= 0.3 is 17.6 Å². The van der Waals surface area contributed by atoms with Crippen molar-refractivity contribution in [2.24, 2.45) is 0 Å². The summed E-state index contributed by atoms with van der Waals surface area (Å²) in [6.07, 6.45) is -4.16. The lowest BCUT2D eigenvalue weighted by molar-refractivity contribution is -0.175. The number of anilines is 1. The van der Waals surface area contributed by atoms with E-state index in [-0.39, 0.29) is 17.5 Å². The standard InChI is InChI=1S/C18H28BrF2N3O5Si/c1-10(19)14(25)29-13-11(9-27-30(5,6)17(2,3)4)28-15(18(13,20)21)24-8-7-12(22)23-16(24)26/h7-8,10-11,13,15H,9H2,1-6H3,(H2,22,23,26)/t10?,11-,13?,15-/m1/s1. The molecule has 1 aliphatic rings. The SMILES string of the molecule is CC(Br)C(=O)OC1[C@@H](CO[Si](C)(C)C(C)(C)C)O[C@@H](n2ccc(N)nc2=O)C1(F)F. The van der Waals surface area contributed by atoms with Gasteiger partial charge in [0.2, 0.25) is 6.23 Å². The number of hydrogen-bond donors (Lipinski definition) is 1. The van der Waals surface area contributed by atoms with Crippen LogP contribution in [0.3, 0.4) is 0 Å². The molecule has 8 nitrogen and oxygen atoms in total. The van der Waals surface area contributed by atoms with E-state index in [1.54, 1.807) is 0 Å². The summed E-state index contributed by atoms with van der Waals surface area (Å²) in [6.45, 7) is 11.2. The topological polar surface area (TPSA) is 106 Å². The molecule has 0 radical (unpaired) electrons. The van der Waals surface area contributed by atoms with E-state index in [2.05, 4.69) is 20.9 Å². The molecular formula is C18H28BrF2N3O5Si. The van der Waals surface area contributed by atoms with Crippen molar-refractivity contribution in [3.63, 3.8) is 0 Å². The molecule has 0 aliphatic carbocycles. The van der Waals surface area contributed by atoms with Gasteiger partial charge in [0, 0.05) is 6.20 Å². The van der Waals surface area contributed by atoms with Crippen LogP contribution >= 0.6 is 15.9 Å². The predicted molar refractivity (Wildman–Crippen MR) is 113 cm³/mol. The molecule has 2 rings (SSSR count). The molecule has 2 unspecified atom stereocenters. The number of halogens is 3. The number of nitrogens with zero attached hydrogens (tertiary/aromatic N) is 2. The number of esters is 1. The molecule has 0 spiro atoms. The molecule has 4 atom stereocenters. The van der Waals surface area contributed by atoms with Crippen LogP contribution in [0.4, 0.5) is 14.6 Å². The number of carbonyl (C=O) groups excluding carboxylic acids is 1. The first-order chi connectivity index (χ1) is 13.6. The zero-order chi connectivity index (χ0) is 23.1. The zero-order valence-corrected chi connectivity index (χ0v) is 20.4. The first kappa shape index (κ1) is 24.9. The van der Waals surface area contributed by atoms with Crippen LogP contribution < -0.4 is 11.4 Å². The Morgan fingerprint density at radius 1 is 1.47 bits per heavy atom. The number of hydrogen-bond acceptors (Lipinski definition) is 7. The lowest BCUT2D eigenvalue weighted by atomic mass is 10.1. The fraction of sp³-hybridized carbons (Fsp3) is 0.722. The van der Waals surface area contributed by atoms with E-state index in [1.807, 2.05) is 33.9 Å². The van der Waals surface area contributed by atoms with Crippen LogP contribution in [0.2, 0.25) is 18.1 Å². The third-order valence-electron chi connectivity index (χ3n) is 5.44. The molecule has 1 saturated heterocycles. The highest BCUT2D eigenvalue weighted by Gasteiger charge is 2.63. The number of rotatable bonds is 6. The minimum atomic E-state index is -3.71. The molecule has 1 fully saturated rings.